The Morgan fingerprint density at radius 3 is 2.48 bits per heavy atom. The molecule has 4 rings (SSSR count). The van der Waals surface area contributed by atoms with Crippen molar-refractivity contribution in [1.82, 2.24) is 10.2 Å². The monoisotopic (exact) mass is 334 g/mol. The van der Waals surface area contributed by atoms with Gasteiger partial charge in [-0.3, -0.25) is 14.5 Å². The predicted octanol–water partition coefficient (Wildman–Crippen LogP) is 2.41. The number of aliphatic hydroxyl groups is 1. The number of nitrogens with one attached hydrogen (secondary N) is 1. The Bertz CT molecular complexity index is 855. The summed E-state index contributed by atoms with van der Waals surface area (Å²) in [5, 5.41) is 13.0. The fourth-order valence-electron chi connectivity index (χ4n) is 3.63. The van der Waals surface area contributed by atoms with Crippen molar-refractivity contribution in [2.45, 2.75) is 18.6 Å². The SMILES string of the molecule is C=C1c2ccccc2C(=O)N1CC(=O)NC1CC(O)c2ccccc21. The number of hydrogen-bond donors (Lipinski definition) is 2. The molecule has 1 heterocycles. The van der Waals surface area contributed by atoms with Crippen LogP contribution in [-0.4, -0.2) is 28.4 Å². The van der Waals surface area contributed by atoms with Crippen LogP contribution < -0.4 is 5.32 Å². The van der Waals surface area contributed by atoms with E-state index in [1.54, 1.807) is 12.1 Å². The van der Waals surface area contributed by atoms with Crippen LogP contribution >= 0.6 is 0 Å². The minimum atomic E-state index is -0.575. The van der Waals surface area contributed by atoms with E-state index in [1.807, 2.05) is 36.4 Å². The fraction of sp³-hybridized carbons (Fsp3) is 0.200. The molecule has 2 aromatic rings. The van der Waals surface area contributed by atoms with E-state index in [-0.39, 0.29) is 24.4 Å². The zero-order valence-electron chi connectivity index (χ0n) is 13.6. The standard InChI is InChI=1S/C20H18N2O3/c1-12-13-6-2-5-9-16(13)20(25)22(12)11-19(24)21-17-10-18(23)15-8-4-3-7-14(15)17/h2-9,17-18,23H,1,10-11H2,(H,21,24). The highest BCUT2D eigenvalue weighted by atomic mass is 16.3. The van der Waals surface area contributed by atoms with Crippen LogP contribution in [0.3, 0.4) is 0 Å². The molecule has 25 heavy (non-hydrogen) atoms. The lowest BCUT2D eigenvalue weighted by atomic mass is 10.1. The van der Waals surface area contributed by atoms with Crippen LogP contribution in [-0.2, 0) is 4.79 Å². The highest BCUT2D eigenvalue weighted by molar-refractivity contribution is 6.10. The molecule has 0 fully saturated rings. The van der Waals surface area contributed by atoms with Gasteiger partial charge in [0.25, 0.3) is 5.91 Å². The second-order valence-electron chi connectivity index (χ2n) is 6.38. The summed E-state index contributed by atoms with van der Waals surface area (Å²) >= 11 is 0. The first-order valence-corrected chi connectivity index (χ1v) is 8.22. The quantitative estimate of drug-likeness (QED) is 0.906. The van der Waals surface area contributed by atoms with E-state index in [2.05, 4.69) is 11.9 Å². The Morgan fingerprint density at radius 1 is 1.12 bits per heavy atom. The molecular weight excluding hydrogens is 316 g/mol. The maximum absolute atomic E-state index is 12.5. The molecule has 0 bridgehead atoms. The molecule has 2 amide bonds. The van der Waals surface area contributed by atoms with Gasteiger partial charge in [0.2, 0.25) is 5.91 Å². The molecule has 126 valence electrons. The molecule has 2 aromatic carbocycles. The Balaban J connectivity index is 1.48. The van der Waals surface area contributed by atoms with E-state index >= 15 is 0 Å². The minimum absolute atomic E-state index is 0.0822. The summed E-state index contributed by atoms with van der Waals surface area (Å²) in [5.74, 6) is -0.473. The highest BCUT2D eigenvalue weighted by Gasteiger charge is 2.34. The third kappa shape index (κ3) is 2.53. The Labute approximate surface area is 145 Å². The highest BCUT2D eigenvalue weighted by Crippen LogP contribution is 2.38. The molecule has 5 nitrogen and oxygen atoms in total. The zero-order chi connectivity index (χ0) is 17.6. The fourth-order valence-corrected chi connectivity index (χ4v) is 3.63. The van der Waals surface area contributed by atoms with Crippen molar-refractivity contribution in [3.63, 3.8) is 0 Å². The van der Waals surface area contributed by atoms with E-state index in [9.17, 15) is 14.7 Å². The van der Waals surface area contributed by atoms with E-state index < -0.39 is 6.10 Å². The van der Waals surface area contributed by atoms with E-state index in [1.165, 1.54) is 4.90 Å². The largest absolute Gasteiger partial charge is 0.388 e. The van der Waals surface area contributed by atoms with Gasteiger partial charge in [-0.2, -0.15) is 0 Å². The van der Waals surface area contributed by atoms with Crippen LogP contribution in [0.5, 0.6) is 0 Å². The van der Waals surface area contributed by atoms with Gasteiger partial charge in [0.1, 0.15) is 6.54 Å². The van der Waals surface area contributed by atoms with Gasteiger partial charge < -0.3 is 10.4 Å². The zero-order valence-corrected chi connectivity index (χ0v) is 13.6. The number of amides is 2. The molecule has 5 heteroatoms. The molecule has 1 aliphatic heterocycles. The average Bonchev–Trinajstić information content (AvgIpc) is 3.06. The number of fused-ring (bicyclic) bond motifs is 2. The summed E-state index contributed by atoms with van der Waals surface area (Å²) in [6.07, 6.45) is -0.130. The molecule has 1 aliphatic carbocycles. The first-order valence-electron chi connectivity index (χ1n) is 8.22. The molecule has 0 radical (unpaired) electrons. The van der Waals surface area contributed by atoms with E-state index in [4.69, 9.17) is 0 Å². The van der Waals surface area contributed by atoms with Crippen LogP contribution in [0.1, 0.15) is 45.6 Å². The number of nitrogens with zero attached hydrogens (tertiary/aromatic N) is 1. The van der Waals surface area contributed by atoms with E-state index in [0.717, 1.165) is 16.7 Å². The summed E-state index contributed by atoms with van der Waals surface area (Å²) in [4.78, 5) is 26.4. The van der Waals surface area contributed by atoms with Gasteiger partial charge in [-0.05, 0) is 17.2 Å². The second kappa shape index (κ2) is 5.86. The van der Waals surface area contributed by atoms with E-state index in [0.29, 0.717) is 17.7 Å². The first-order chi connectivity index (χ1) is 12.1. The molecular formula is C20H18N2O3. The Morgan fingerprint density at radius 2 is 1.76 bits per heavy atom. The third-order valence-electron chi connectivity index (χ3n) is 4.87. The summed E-state index contributed by atoms with van der Waals surface area (Å²) in [6, 6.07) is 14.5. The van der Waals surface area contributed by atoms with Crippen molar-refractivity contribution in [2.24, 2.45) is 0 Å². The number of hydrogen-bond acceptors (Lipinski definition) is 3. The van der Waals surface area contributed by atoms with Gasteiger partial charge in [0.05, 0.1) is 12.1 Å². The van der Waals surface area contributed by atoms with Crippen molar-refractivity contribution in [3.05, 3.63) is 77.4 Å². The average molecular weight is 334 g/mol. The second-order valence-corrected chi connectivity index (χ2v) is 6.38. The number of aliphatic hydroxyl groups excluding tert-OH is 1. The molecule has 0 aromatic heterocycles. The maximum atomic E-state index is 12.5. The summed E-state index contributed by atoms with van der Waals surface area (Å²) in [7, 11) is 0. The molecule has 0 spiro atoms. The van der Waals surface area contributed by atoms with Crippen molar-refractivity contribution in [3.8, 4) is 0 Å². The van der Waals surface area contributed by atoms with Crippen LogP contribution in [0.15, 0.2) is 55.1 Å². The van der Waals surface area contributed by atoms with Gasteiger partial charge in [0, 0.05) is 23.2 Å². The van der Waals surface area contributed by atoms with Crippen LogP contribution in [0, 0.1) is 0 Å². The smallest absolute Gasteiger partial charge is 0.259 e. The van der Waals surface area contributed by atoms with Gasteiger partial charge in [-0.15, -0.1) is 0 Å². The Hall–Kier alpha value is -2.92. The number of benzene rings is 2. The predicted molar refractivity (Wildman–Crippen MR) is 93.4 cm³/mol. The topological polar surface area (TPSA) is 69.6 Å². The molecule has 2 atom stereocenters. The van der Waals surface area contributed by atoms with Gasteiger partial charge >= 0.3 is 0 Å². The third-order valence-corrected chi connectivity index (χ3v) is 4.87. The van der Waals surface area contributed by atoms with Crippen molar-refractivity contribution >= 4 is 17.5 Å². The molecule has 0 saturated carbocycles. The number of rotatable bonds is 3. The van der Waals surface area contributed by atoms with Gasteiger partial charge in [0.15, 0.2) is 0 Å². The molecule has 2 N–H and O–H groups in total. The summed E-state index contributed by atoms with van der Waals surface area (Å²) in [6.45, 7) is 3.86. The van der Waals surface area contributed by atoms with Crippen LogP contribution in [0.25, 0.3) is 5.70 Å². The van der Waals surface area contributed by atoms with Crippen molar-refractivity contribution < 1.29 is 14.7 Å². The Kier molecular flexibility index (Phi) is 3.66. The van der Waals surface area contributed by atoms with Crippen molar-refractivity contribution in [1.29, 1.82) is 0 Å². The maximum Gasteiger partial charge on any atom is 0.259 e. The normalized spacial score (nSPS) is 21.2. The van der Waals surface area contributed by atoms with Gasteiger partial charge in [-0.25, -0.2) is 0 Å². The first kappa shape index (κ1) is 15.6. The number of carbonyl (C=O) groups is 2. The minimum Gasteiger partial charge on any atom is -0.388 e. The lowest BCUT2D eigenvalue weighted by molar-refractivity contribution is -0.122. The lowest BCUT2D eigenvalue weighted by Gasteiger charge is -2.19. The summed E-state index contributed by atoms with van der Waals surface area (Å²) in [5.41, 5.74) is 3.66. The number of carbonyl (C=O) groups excluding carboxylic acids is 2. The summed E-state index contributed by atoms with van der Waals surface area (Å²) < 4.78 is 0. The van der Waals surface area contributed by atoms with Gasteiger partial charge in [-0.1, -0.05) is 49.0 Å². The molecule has 2 unspecified atom stereocenters. The van der Waals surface area contributed by atoms with Crippen LogP contribution in [0.4, 0.5) is 0 Å². The van der Waals surface area contributed by atoms with Crippen molar-refractivity contribution in [2.75, 3.05) is 6.54 Å². The van der Waals surface area contributed by atoms with Crippen LogP contribution in [0.2, 0.25) is 0 Å². The molecule has 0 saturated heterocycles. The molecule has 2 aliphatic rings. The lowest BCUT2D eigenvalue weighted by Crippen LogP contribution is -2.38.